The number of pyridine rings is 1. The molecule has 1 fully saturated rings. The van der Waals surface area contributed by atoms with Crippen molar-refractivity contribution in [2.75, 3.05) is 37.4 Å². The van der Waals surface area contributed by atoms with Crippen LogP contribution in [0.15, 0.2) is 35.3 Å². The van der Waals surface area contributed by atoms with Crippen molar-refractivity contribution in [3.8, 4) is 0 Å². The summed E-state index contributed by atoms with van der Waals surface area (Å²) in [7, 11) is 0. The van der Waals surface area contributed by atoms with Gasteiger partial charge in [0.2, 0.25) is 11.4 Å². The molecule has 2 aromatic heterocycles. The molecule has 0 spiro atoms. The summed E-state index contributed by atoms with van der Waals surface area (Å²) >= 11 is 0. The van der Waals surface area contributed by atoms with E-state index in [2.05, 4.69) is 32.3 Å². The number of primary amides is 1. The van der Waals surface area contributed by atoms with Gasteiger partial charge in [0.25, 0.3) is 5.91 Å². The van der Waals surface area contributed by atoms with E-state index in [4.69, 9.17) is 11.5 Å². The average Bonchev–Trinajstić information content (AvgIpc) is 2.83. The second-order valence-corrected chi connectivity index (χ2v) is 8.53. The molecule has 1 amide bonds. The van der Waals surface area contributed by atoms with Crippen LogP contribution in [0.1, 0.15) is 48.0 Å². The van der Waals surface area contributed by atoms with Gasteiger partial charge in [0, 0.05) is 25.0 Å². The van der Waals surface area contributed by atoms with Gasteiger partial charge in [-0.1, -0.05) is 12.1 Å². The fourth-order valence-electron chi connectivity index (χ4n) is 4.60. The second-order valence-electron chi connectivity index (χ2n) is 8.53. The summed E-state index contributed by atoms with van der Waals surface area (Å²) in [6, 6.07) is 8.17. The third-order valence-electron chi connectivity index (χ3n) is 6.44. The SMILES string of the molecule is CCn1c(N)c(C(N)=O)c(=O)c2cnc(Nc3ccc(C4CCN(CCCF)CC4)cc3)nc21. The number of halogens is 1. The summed E-state index contributed by atoms with van der Waals surface area (Å²) in [5.41, 5.74) is 13.0. The molecule has 1 saturated heterocycles. The zero-order valence-corrected chi connectivity index (χ0v) is 19.3. The van der Waals surface area contributed by atoms with Gasteiger partial charge in [-0.15, -0.1) is 0 Å². The molecule has 0 aliphatic carbocycles. The molecule has 180 valence electrons. The molecule has 9 nitrogen and oxygen atoms in total. The van der Waals surface area contributed by atoms with Crippen molar-refractivity contribution in [1.82, 2.24) is 19.4 Å². The number of nitrogens with zero attached hydrogens (tertiary/aromatic N) is 4. The number of hydrogen-bond acceptors (Lipinski definition) is 7. The molecular weight excluding hydrogens is 437 g/mol. The van der Waals surface area contributed by atoms with Crippen molar-refractivity contribution in [1.29, 1.82) is 0 Å². The number of benzene rings is 1. The van der Waals surface area contributed by atoms with Crippen LogP contribution in [0.3, 0.4) is 0 Å². The Kier molecular flexibility index (Phi) is 7.06. The number of nitrogen functional groups attached to an aromatic ring is 1. The number of amides is 1. The zero-order valence-electron chi connectivity index (χ0n) is 19.3. The predicted octanol–water partition coefficient (Wildman–Crippen LogP) is 2.78. The molecule has 0 unspecified atom stereocenters. The van der Waals surface area contributed by atoms with Gasteiger partial charge in [-0.2, -0.15) is 4.98 Å². The largest absolute Gasteiger partial charge is 0.384 e. The molecule has 1 aliphatic heterocycles. The molecule has 1 aromatic carbocycles. The van der Waals surface area contributed by atoms with E-state index in [0.29, 0.717) is 30.5 Å². The Labute approximate surface area is 197 Å². The number of piperidine rings is 1. The van der Waals surface area contributed by atoms with E-state index in [-0.39, 0.29) is 23.4 Å². The quantitative estimate of drug-likeness (QED) is 0.464. The van der Waals surface area contributed by atoms with E-state index >= 15 is 0 Å². The van der Waals surface area contributed by atoms with Crippen molar-refractivity contribution >= 4 is 34.4 Å². The summed E-state index contributed by atoms with van der Waals surface area (Å²) in [5, 5.41) is 3.35. The maximum atomic E-state index is 12.7. The molecule has 0 radical (unpaired) electrons. The fourth-order valence-corrected chi connectivity index (χ4v) is 4.60. The third-order valence-corrected chi connectivity index (χ3v) is 6.44. The van der Waals surface area contributed by atoms with Gasteiger partial charge < -0.3 is 26.3 Å². The lowest BCUT2D eigenvalue weighted by atomic mass is 9.89. The zero-order chi connectivity index (χ0) is 24.2. The first-order valence-electron chi connectivity index (χ1n) is 11.6. The summed E-state index contributed by atoms with van der Waals surface area (Å²) < 4.78 is 14.0. The van der Waals surface area contributed by atoms with Crippen molar-refractivity contribution in [3.05, 3.63) is 51.8 Å². The Morgan fingerprint density at radius 2 is 1.94 bits per heavy atom. The summed E-state index contributed by atoms with van der Waals surface area (Å²) in [6.07, 6.45) is 4.12. The van der Waals surface area contributed by atoms with Gasteiger partial charge >= 0.3 is 0 Å². The average molecular weight is 468 g/mol. The van der Waals surface area contributed by atoms with E-state index in [1.807, 2.05) is 19.1 Å². The number of nitrogens with two attached hydrogens (primary N) is 2. The number of alkyl halides is 1. The van der Waals surface area contributed by atoms with Gasteiger partial charge in [-0.05, 0) is 62.9 Å². The molecule has 4 rings (SSSR count). The topological polar surface area (TPSA) is 132 Å². The molecule has 1 aliphatic rings. The Morgan fingerprint density at radius 1 is 1.24 bits per heavy atom. The molecule has 3 heterocycles. The molecule has 0 saturated carbocycles. The van der Waals surface area contributed by atoms with Gasteiger partial charge in [0.05, 0.1) is 12.1 Å². The van der Waals surface area contributed by atoms with Crippen molar-refractivity contribution < 1.29 is 9.18 Å². The number of aryl methyl sites for hydroxylation is 1. The van der Waals surface area contributed by atoms with E-state index in [1.54, 1.807) is 4.57 Å². The van der Waals surface area contributed by atoms with Crippen LogP contribution in [0.25, 0.3) is 11.0 Å². The Balaban J connectivity index is 1.51. The molecule has 34 heavy (non-hydrogen) atoms. The molecule has 3 aromatic rings. The van der Waals surface area contributed by atoms with Crippen LogP contribution >= 0.6 is 0 Å². The summed E-state index contributed by atoms with van der Waals surface area (Å²) in [4.78, 5) is 35.5. The predicted molar refractivity (Wildman–Crippen MR) is 131 cm³/mol. The van der Waals surface area contributed by atoms with Crippen LogP contribution in [0.4, 0.5) is 21.8 Å². The van der Waals surface area contributed by atoms with Gasteiger partial charge in [0.1, 0.15) is 11.4 Å². The number of nitrogens with one attached hydrogen (secondary N) is 1. The van der Waals surface area contributed by atoms with E-state index in [9.17, 15) is 14.0 Å². The first kappa shape index (κ1) is 23.6. The highest BCUT2D eigenvalue weighted by Crippen LogP contribution is 2.29. The van der Waals surface area contributed by atoms with Gasteiger partial charge in [-0.3, -0.25) is 14.0 Å². The maximum Gasteiger partial charge on any atom is 0.256 e. The number of hydrogen-bond donors (Lipinski definition) is 3. The first-order chi connectivity index (χ1) is 16.4. The number of carbonyl (C=O) groups excluding carboxylic acids is 1. The van der Waals surface area contributed by atoms with E-state index in [0.717, 1.165) is 38.2 Å². The lowest BCUT2D eigenvalue weighted by molar-refractivity contribution is 0.1000. The highest BCUT2D eigenvalue weighted by Gasteiger charge is 2.21. The Bertz CT molecular complexity index is 1230. The number of likely N-dealkylation sites (tertiary alicyclic amines) is 1. The number of fused-ring (bicyclic) bond motifs is 1. The minimum atomic E-state index is -0.876. The standard InChI is InChI=1S/C24H30FN7O2/c1-2-32-21(26)19(22(27)34)20(33)18-14-28-24(30-23(18)32)29-17-6-4-15(5-7-17)16-8-12-31(13-9-16)11-3-10-25/h4-7,14,16H,2-3,8-13,26H2,1H3,(H2,27,34)(H,28,29,30). The Morgan fingerprint density at radius 3 is 2.56 bits per heavy atom. The van der Waals surface area contributed by atoms with E-state index < -0.39 is 11.3 Å². The van der Waals surface area contributed by atoms with Crippen LogP contribution in [-0.4, -0.2) is 51.7 Å². The normalized spacial score (nSPS) is 15.0. The highest BCUT2D eigenvalue weighted by atomic mass is 19.1. The van der Waals surface area contributed by atoms with Crippen molar-refractivity contribution in [2.24, 2.45) is 5.73 Å². The van der Waals surface area contributed by atoms with Crippen molar-refractivity contribution in [2.45, 2.75) is 38.6 Å². The van der Waals surface area contributed by atoms with E-state index in [1.165, 1.54) is 11.8 Å². The Hall–Kier alpha value is -3.53. The first-order valence-corrected chi connectivity index (χ1v) is 11.6. The lowest BCUT2D eigenvalue weighted by Crippen LogP contribution is -2.33. The van der Waals surface area contributed by atoms with Crippen molar-refractivity contribution in [3.63, 3.8) is 0 Å². The minimum absolute atomic E-state index is 0.00255. The van der Waals surface area contributed by atoms with Gasteiger partial charge in [0.15, 0.2) is 5.65 Å². The number of carbonyl (C=O) groups is 1. The van der Waals surface area contributed by atoms with Crippen LogP contribution < -0.4 is 22.2 Å². The number of anilines is 3. The van der Waals surface area contributed by atoms with Crippen LogP contribution in [-0.2, 0) is 6.54 Å². The highest BCUT2D eigenvalue weighted by molar-refractivity contribution is 6.00. The van der Waals surface area contributed by atoms with Crippen LogP contribution in [0.2, 0.25) is 0 Å². The second kappa shape index (κ2) is 10.2. The summed E-state index contributed by atoms with van der Waals surface area (Å²) in [6.45, 7) is 4.81. The monoisotopic (exact) mass is 467 g/mol. The van der Waals surface area contributed by atoms with Crippen LogP contribution in [0, 0.1) is 0 Å². The number of aromatic nitrogens is 3. The molecular formula is C24H30FN7O2. The van der Waals surface area contributed by atoms with Crippen LogP contribution in [0.5, 0.6) is 0 Å². The fraction of sp³-hybridized carbons (Fsp3) is 0.417. The maximum absolute atomic E-state index is 12.7. The molecule has 0 atom stereocenters. The number of rotatable bonds is 8. The molecule has 5 N–H and O–H groups in total. The minimum Gasteiger partial charge on any atom is -0.384 e. The molecule has 10 heteroatoms. The van der Waals surface area contributed by atoms with Gasteiger partial charge in [-0.25, -0.2) is 4.98 Å². The summed E-state index contributed by atoms with van der Waals surface area (Å²) in [5.74, 6) is -0.0696. The smallest absolute Gasteiger partial charge is 0.256 e. The third kappa shape index (κ3) is 4.72. The molecule has 0 bridgehead atoms. The lowest BCUT2D eigenvalue weighted by Gasteiger charge is -2.32.